The number of anilines is 1. The average Bonchev–Trinajstić information content (AvgIpc) is 3.12. The number of likely N-dealkylation sites (tertiary alicyclic amines) is 1. The topological polar surface area (TPSA) is 79.3 Å². The maximum absolute atomic E-state index is 12.3. The van der Waals surface area contributed by atoms with Crippen molar-refractivity contribution in [3.8, 4) is 5.69 Å². The zero-order valence-electron chi connectivity index (χ0n) is 19.5. The van der Waals surface area contributed by atoms with E-state index in [-0.39, 0.29) is 11.8 Å². The molecule has 168 valence electrons. The molecule has 4 rings (SSSR count). The van der Waals surface area contributed by atoms with Crippen LogP contribution in [0.2, 0.25) is 0 Å². The number of hydrogen-bond acceptors (Lipinski definition) is 4. The molecule has 2 amide bonds. The summed E-state index contributed by atoms with van der Waals surface area (Å²) in [4.78, 5) is 30.8. The second-order valence-electron chi connectivity index (χ2n) is 8.83. The van der Waals surface area contributed by atoms with Crippen LogP contribution in [0, 0.1) is 13.8 Å². The number of rotatable bonds is 4. The van der Waals surface area contributed by atoms with Gasteiger partial charge in [-0.3, -0.25) is 9.59 Å². The molecule has 7 heteroatoms. The van der Waals surface area contributed by atoms with Crippen molar-refractivity contribution in [3.63, 3.8) is 0 Å². The molecule has 2 N–H and O–H groups in total. The average molecular weight is 434 g/mol. The number of benzene rings is 1. The summed E-state index contributed by atoms with van der Waals surface area (Å²) >= 11 is 0. The highest BCUT2D eigenvalue weighted by atomic mass is 16.2. The molecule has 3 aromatic rings. The van der Waals surface area contributed by atoms with Crippen molar-refractivity contribution in [2.75, 3.05) is 32.5 Å². The van der Waals surface area contributed by atoms with Crippen molar-refractivity contribution < 1.29 is 9.59 Å². The van der Waals surface area contributed by atoms with E-state index in [0.29, 0.717) is 17.3 Å². The van der Waals surface area contributed by atoms with Crippen LogP contribution < -0.4 is 10.6 Å². The van der Waals surface area contributed by atoms with Crippen LogP contribution in [0.5, 0.6) is 0 Å². The van der Waals surface area contributed by atoms with Crippen LogP contribution in [0.1, 0.15) is 52.7 Å². The molecule has 0 radical (unpaired) electrons. The fourth-order valence-electron chi connectivity index (χ4n) is 4.81. The van der Waals surface area contributed by atoms with Gasteiger partial charge in [-0.05, 0) is 81.6 Å². The zero-order chi connectivity index (χ0) is 23.0. The van der Waals surface area contributed by atoms with E-state index in [0.717, 1.165) is 53.6 Å². The number of carbonyl (C=O) groups is 2. The summed E-state index contributed by atoms with van der Waals surface area (Å²) in [6, 6.07) is 6.04. The van der Waals surface area contributed by atoms with Crippen molar-refractivity contribution in [3.05, 3.63) is 52.8 Å². The number of nitrogens with one attached hydrogen (secondary N) is 2. The third kappa shape index (κ3) is 4.12. The molecule has 0 aliphatic carbocycles. The summed E-state index contributed by atoms with van der Waals surface area (Å²) in [6.45, 7) is 7.57. The van der Waals surface area contributed by atoms with Crippen LogP contribution in [0.3, 0.4) is 0 Å². The Balaban J connectivity index is 1.87. The van der Waals surface area contributed by atoms with Crippen LogP contribution in [-0.4, -0.2) is 53.5 Å². The normalized spacial score (nSPS) is 15.2. The molecular formula is C25H31N5O2. The van der Waals surface area contributed by atoms with Crippen molar-refractivity contribution >= 4 is 28.5 Å². The Hall–Kier alpha value is -3.19. The molecule has 2 aromatic heterocycles. The number of carbonyl (C=O) groups excluding carboxylic acids is 2. The Morgan fingerprint density at radius 1 is 1.09 bits per heavy atom. The third-order valence-electron chi connectivity index (χ3n) is 6.43. The first-order chi connectivity index (χ1) is 15.3. The summed E-state index contributed by atoms with van der Waals surface area (Å²) in [5.74, 6) is 0.783. The number of aryl methyl sites for hydroxylation is 2. The van der Waals surface area contributed by atoms with Gasteiger partial charge in [0.05, 0.1) is 5.52 Å². The van der Waals surface area contributed by atoms with E-state index in [4.69, 9.17) is 0 Å². The Morgan fingerprint density at radius 3 is 2.34 bits per heavy atom. The molecule has 1 aliphatic rings. The maximum atomic E-state index is 12.3. The summed E-state index contributed by atoms with van der Waals surface area (Å²) in [7, 11) is 3.82. The van der Waals surface area contributed by atoms with Gasteiger partial charge in [0.15, 0.2) is 0 Å². The summed E-state index contributed by atoms with van der Waals surface area (Å²) in [6.07, 6.45) is 6.31. The van der Waals surface area contributed by atoms with Gasteiger partial charge in [-0.2, -0.15) is 0 Å². The Labute approximate surface area is 188 Å². The molecule has 1 saturated heterocycles. The lowest BCUT2D eigenvalue weighted by atomic mass is 9.90. The van der Waals surface area contributed by atoms with Gasteiger partial charge in [-0.25, -0.2) is 4.98 Å². The first-order valence-electron chi connectivity index (χ1n) is 11.1. The van der Waals surface area contributed by atoms with E-state index in [2.05, 4.69) is 38.3 Å². The molecule has 0 unspecified atom stereocenters. The Morgan fingerprint density at radius 2 is 1.75 bits per heavy atom. The standard InChI is InChI=1S/C25H31N5O2/c1-15-10-19(11-16(2)24(15)25(32)26-4)30-14-21(18-6-8-29(5)9-7-18)20-13-27-23(12-22(20)30)28-17(3)31/h10-14,18H,6-9H2,1-5H3,(H,26,32)(H,27,28,31). The van der Waals surface area contributed by atoms with Gasteiger partial charge in [-0.15, -0.1) is 0 Å². The minimum atomic E-state index is -0.146. The number of aromatic nitrogens is 2. The highest BCUT2D eigenvalue weighted by molar-refractivity contribution is 5.97. The van der Waals surface area contributed by atoms with E-state index in [1.807, 2.05) is 38.2 Å². The van der Waals surface area contributed by atoms with E-state index in [9.17, 15) is 9.59 Å². The molecule has 3 heterocycles. The molecule has 0 bridgehead atoms. The number of pyridine rings is 1. The molecule has 7 nitrogen and oxygen atoms in total. The Kier molecular flexibility index (Phi) is 6.02. The number of nitrogens with zero attached hydrogens (tertiary/aromatic N) is 3. The van der Waals surface area contributed by atoms with E-state index in [1.165, 1.54) is 12.5 Å². The van der Waals surface area contributed by atoms with Gasteiger partial charge in [0, 0.05) is 49.1 Å². The number of hydrogen-bond donors (Lipinski definition) is 2. The van der Waals surface area contributed by atoms with Gasteiger partial charge in [0.2, 0.25) is 5.91 Å². The number of piperidine rings is 1. The van der Waals surface area contributed by atoms with E-state index < -0.39 is 0 Å². The van der Waals surface area contributed by atoms with Crippen LogP contribution in [0.15, 0.2) is 30.6 Å². The van der Waals surface area contributed by atoms with E-state index >= 15 is 0 Å². The quantitative estimate of drug-likeness (QED) is 0.657. The third-order valence-corrected chi connectivity index (χ3v) is 6.43. The molecule has 1 aliphatic heterocycles. The monoisotopic (exact) mass is 433 g/mol. The summed E-state index contributed by atoms with van der Waals surface area (Å²) in [5, 5.41) is 6.64. The summed E-state index contributed by atoms with van der Waals surface area (Å²) < 4.78 is 2.17. The van der Waals surface area contributed by atoms with Gasteiger partial charge < -0.3 is 20.1 Å². The largest absolute Gasteiger partial charge is 0.355 e. The van der Waals surface area contributed by atoms with E-state index in [1.54, 1.807) is 7.05 Å². The van der Waals surface area contributed by atoms with Crippen molar-refractivity contribution in [1.29, 1.82) is 0 Å². The minimum absolute atomic E-state index is 0.0759. The molecule has 0 atom stereocenters. The fourth-order valence-corrected chi connectivity index (χ4v) is 4.81. The van der Waals surface area contributed by atoms with Gasteiger partial charge in [0.1, 0.15) is 5.82 Å². The van der Waals surface area contributed by atoms with Crippen molar-refractivity contribution in [1.82, 2.24) is 19.8 Å². The molecule has 1 aromatic carbocycles. The smallest absolute Gasteiger partial charge is 0.251 e. The first-order valence-corrected chi connectivity index (χ1v) is 11.1. The van der Waals surface area contributed by atoms with Gasteiger partial charge >= 0.3 is 0 Å². The summed E-state index contributed by atoms with van der Waals surface area (Å²) in [5.41, 5.74) is 5.86. The fraction of sp³-hybridized carbons (Fsp3) is 0.400. The molecular weight excluding hydrogens is 402 g/mol. The lowest BCUT2D eigenvalue weighted by Gasteiger charge is -2.28. The maximum Gasteiger partial charge on any atom is 0.251 e. The molecule has 32 heavy (non-hydrogen) atoms. The highest BCUT2D eigenvalue weighted by Gasteiger charge is 2.24. The van der Waals surface area contributed by atoms with Crippen LogP contribution in [0.25, 0.3) is 16.6 Å². The number of amides is 2. The van der Waals surface area contributed by atoms with Gasteiger partial charge in [-0.1, -0.05) is 0 Å². The predicted octanol–water partition coefficient (Wildman–Crippen LogP) is 3.77. The van der Waals surface area contributed by atoms with Crippen LogP contribution in [-0.2, 0) is 4.79 Å². The molecule has 1 fully saturated rings. The second-order valence-corrected chi connectivity index (χ2v) is 8.83. The second kappa shape index (κ2) is 8.74. The van der Waals surface area contributed by atoms with Gasteiger partial charge in [0.25, 0.3) is 5.91 Å². The van der Waals surface area contributed by atoms with Crippen LogP contribution in [0.4, 0.5) is 5.82 Å². The SMILES string of the molecule is CNC(=O)c1c(C)cc(-n2cc(C3CCN(C)CC3)c3cnc(NC(C)=O)cc32)cc1C. The van der Waals surface area contributed by atoms with Crippen molar-refractivity contribution in [2.24, 2.45) is 0 Å². The highest BCUT2D eigenvalue weighted by Crippen LogP contribution is 2.36. The molecule has 0 spiro atoms. The predicted molar refractivity (Wildman–Crippen MR) is 128 cm³/mol. The molecule has 0 saturated carbocycles. The minimum Gasteiger partial charge on any atom is -0.355 e. The van der Waals surface area contributed by atoms with Crippen molar-refractivity contribution in [2.45, 2.75) is 39.5 Å². The lowest BCUT2D eigenvalue weighted by Crippen LogP contribution is -2.29. The van der Waals surface area contributed by atoms with Crippen LogP contribution >= 0.6 is 0 Å². The zero-order valence-corrected chi connectivity index (χ0v) is 19.5. The number of fused-ring (bicyclic) bond motifs is 1. The first kappa shape index (κ1) is 22.0. The lowest BCUT2D eigenvalue weighted by molar-refractivity contribution is -0.114. The Bertz CT molecular complexity index is 1170.